The predicted octanol–water partition coefficient (Wildman–Crippen LogP) is 4.02. The number of nitrogens with zero attached hydrogens (tertiary/aromatic N) is 3. The highest BCUT2D eigenvalue weighted by Crippen LogP contribution is 2.33. The van der Waals surface area contributed by atoms with E-state index >= 15 is 0 Å². The molecule has 0 bridgehead atoms. The quantitative estimate of drug-likeness (QED) is 0.644. The molecule has 158 valence electrons. The van der Waals surface area contributed by atoms with Crippen LogP contribution in [-0.2, 0) is 14.8 Å². The van der Waals surface area contributed by atoms with E-state index in [4.69, 9.17) is 4.74 Å². The Balaban J connectivity index is 1.88. The van der Waals surface area contributed by atoms with E-state index in [0.717, 1.165) is 10.8 Å². The van der Waals surface area contributed by atoms with Crippen LogP contribution in [0.4, 0.5) is 4.79 Å². The average molecular weight is 484 g/mol. The van der Waals surface area contributed by atoms with Gasteiger partial charge >= 0.3 is 6.09 Å². The maximum atomic E-state index is 13.5. The highest BCUT2D eigenvalue weighted by molar-refractivity contribution is 9.10. The fourth-order valence-corrected chi connectivity index (χ4v) is 6.27. The molecule has 3 rings (SSSR count). The maximum Gasteiger partial charge on any atom is 0.410 e. The first-order valence-corrected chi connectivity index (χ1v) is 11.8. The molecule has 0 unspecified atom stereocenters. The molecule has 2 heterocycles. The van der Waals surface area contributed by atoms with Gasteiger partial charge in [-0.2, -0.15) is 4.31 Å². The molecule has 7 nitrogen and oxygen atoms in total. The molecule has 29 heavy (non-hydrogen) atoms. The number of pyridine rings is 1. The molecule has 1 aliphatic rings. The molecule has 1 aliphatic heterocycles. The van der Waals surface area contributed by atoms with Gasteiger partial charge in [-0.1, -0.05) is 6.07 Å². The Morgan fingerprint density at radius 2 is 1.97 bits per heavy atom. The third kappa shape index (κ3) is 4.73. The number of hydrogen-bond acceptors (Lipinski definition) is 5. The molecule has 1 fully saturated rings. The summed E-state index contributed by atoms with van der Waals surface area (Å²) >= 11 is 3.47. The van der Waals surface area contributed by atoms with Crippen molar-refractivity contribution in [1.29, 1.82) is 0 Å². The SMILES string of the molecule is C[C@@H]1CN(C(=O)OC(C)(C)C)CCCN1S(=O)(=O)c1ccc2cnccc2c1Br. The fraction of sp³-hybridized carbons (Fsp3) is 0.500. The van der Waals surface area contributed by atoms with E-state index in [1.54, 1.807) is 35.5 Å². The lowest BCUT2D eigenvalue weighted by Crippen LogP contribution is -2.45. The number of ether oxygens (including phenoxy) is 1. The monoisotopic (exact) mass is 483 g/mol. The lowest BCUT2D eigenvalue weighted by Gasteiger charge is -2.30. The molecule has 1 aromatic carbocycles. The van der Waals surface area contributed by atoms with E-state index in [0.29, 0.717) is 24.0 Å². The van der Waals surface area contributed by atoms with Crippen LogP contribution in [0.5, 0.6) is 0 Å². The topological polar surface area (TPSA) is 79.8 Å². The number of hydrogen-bond donors (Lipinski definition) is 0. The minimum absolute atomic E-state index is 0.216. The van der Waals surface area contributed by atoms with Crippen LogP contribution in [0.15, 0.2) is 40.0 Å². The first-order chi connectivity index (χ1) is 13.5. The molecule has 2 aromatic rings. The maximum absolute atomic E-state index is 13.5. The number of aromatic nitrogens is 1. The van der Waals surface area contributed by atoms with Crippen LogP contribution in [0.2, 0.25) is 0 Å². The lowest BCUT2D eigenvalue weighted by atomic mass is 10.2. The van der Waals surface area contributed by atoms with Crippen molar-refractivity contribution in [2.45, 2.75) is 50.7 Å². The summed E-state index contributed by atoms with van der Waals surface area (Å²) in [5, 5.41) is 1.65. The molecule has 9 heteroatoms. The van der Waals surface area contributed by atoms with E-state index < -0.39 is 21.7 Å². The van der Waals surface area contributed by atoms with Crippen LogP contribution in [-0.4, -0.2) is 60.0 Å². The van der Waals surface area contributed by atoms with Gasteiger partial charge in [0.15, 0.2) is 0 Å². The lowest BCUT2D eigenvalue weighted by molar-refractivity contribution is 0.0244. The molecule has 0 aliphatic carbocycles. The minimum atomic E-state index is -3.75. The van der Waals surface area contributed by atoms with Crippen molar-refractivity contribution in [3.63, 3.8) is 0 Å². The first-order valence-electron chi connectivity index (χ1n) is 9.53. The number of sulfonamides is 1. The second-order valence-electron chi connectivity index (χ2n) is 8.22. The van der Waals surface area contributed by atoms with E-state index in [-0.39, 0.29) is 17.5 Å². The van der Waals surface area contributed by atoms with Gasteiger partial charge in [0.1, 0.15) is 5.60 Å². The Labute approximate surface area is 180 Å². The van der Waals surface area contributed by atoms with Crippen molar-refractivity contribution in [1.82, 2.24) is 14.2 Å². The van der Waals surface area contributed by atoms with Crippen LogP contribution in [0.1, 0.15) is 34.1 Å². The summed E-state index contributed by atoms with van der Waals surface area (Å²) in [6.45, 7) is 8.34. The van der Waals surface area contributed by atoms with Crippen molar-refractivity contribution in [2.24, 2.45) is 0 Å². The van der Waals surface area contributed by atoms with Gasteiger partial charge in [0.25, 0.3) is 0 Å². The standard InChI is InChI=1S/C20H26BrN3O4S/c1-14-13-23(19(25)28-20(2,3)4)10-5-11-24(14)29(26,27)17-7-6-15-12-22-9-8-16(15)18(17)21/h6-9,12,14H,5,10-11,13H2,1-4H3/t14-/m1/s1. The van der Waals surface area contributed by atoms with Crippen molar-refractivity contribution < 1.29 is 17.9 Å². The summed E-state index contributed by atoms with van der Waals surface area (Å²) < 4.78 is 34.4. The van der Waals surface area contributed by atoms with Gasteiger partial charge in [-0.05, 0) is 62.2 Å². The number of carbonyl (C=O) groups excluding carboxylic acids is 1. The molecule has 0 N–H and O–H groups in total. The molecule has 0 spiro atoms. The Morgan fingerprint density at radius 3 is 2.66 bits per heavy atom. The Hall–Kier alpha value is -1.71. The van der Waals surface area contributed by atoms with Gasteiger partial charge in [0.05, 0.1) is 4.90 Å². The highest BCUT2D eigenvalue weighted by atomic mass is 79.9. The summed E-state index contributed by atoms with van der Waals surface area (Å²) in [5.41, 5.74) is -0.594. The minimum Gasteiger partial charge on any atom is -0.444 e. The van der Waals surface area contributed by atoms with Crippen molar-refractivity contribution in [3.8, 4) is 0 Å². The normalized spacial score (nSPS) is 19.2. The number of amides is 1. The summed E-state index contributed by atoms with van der Waals surface area (Å²) in [5.74, 6) is 0. The number of halogens is 1. The zero-order chi connectivity index (χ0) is 21.4. The van der Waals surface area contributed by atoms with Gasteiger partial charge in [-0.25, -0.2) is 13.2 Å². The summed E-state index contributed by atoms with van der Waals surface area (Å²) in [7, 11) is -3.75. The van der Waals surface area contributed by atoms with E-state index in [2.05, 4.69) is 20.9 Å². The highest BCUT2D eigenvalue weighted by Gasteiger charge is 2.35. The summed E-state index contributed by atoms with van der Waals surface area (Å²) in [6, 6.07) is 4.77. The second-order valence-corrected chi connectivity index (χ2v) is 10.9. The van der Waals surface area contributed by atoms with Crippen LogP contribution in [0.3, 0.4) is 0 Å². The Bertz CT molecular complexity index is 1020. The number of fused-ring (bicyclic) bond motifs is 1. The van der Waals surface area contributed by atoms with Gasteiger partial charge in [-0.3, -0.25) is 4.98 Å². The van der Waals surface area contributed by atoms with Gasteiger partial charge < -0.3 is 9.64 Å². The average Bonchev–Trinajstić information content (AvgIpc) is 2.82. The fourth-order valence-electron chi connectivity index (χ4n) is 3.42. The van der Waals surface area contributed by atoms with E-state index in [1.165, 1.54) is 4.31 Å². The van der Waals surface area contributed by atoms with Crippen LogP contribution >= 0.6 is 15.9 Å². The molecule has 1 aromatic heterocycles. The molecule has 1 saturated heterocycles. The van der Waals surface area contributed by atoms with Crippen LogP contribution in [0.25, 0.3) is 10.8 Å². The second kappa shape index (κ2) is 8.20. The molecule has 1 amide bonds. The predicted molar refractivity (Wildman–Crippen MR) is 115 cm³/mol. The third-order valence-corrected chi connectivity index (χ3v) is 7.91. The molecular weight excluding hydrogens is 458 g/mol. The van der Waals surface area contributed by atoms with Crippen molar-refractivity contribution >= 4 is 42.8 Å². The molecule has 0 saturated carbocycles. The zero-order valence-electron chi connectivity index (χ0n) is 17.1. The Morgan fingerprint density at radius 1 is 1.24 bits per heavy atom. The van der Waals surface area contributed by atoms with Gasteiger partial charge in [0.2, 0.25) is 10.0 Å². The Kier molecular flexibility index (Phi) is 6.21. The molecular formula is C20H26BrN3O4S. The zero-order valence-corrected chi connectivity index (χ0v) is 19.5. The number of benzene rings is 1. The van der Waals surface area contributed by atoms with Crippen molar-refractivity contribution in [3.05, 3.63) is 35.1 Å². The molecule has 1 atom stereocenters. The van der Waals surface area contributed by atoms with Crippen LogP contribution < -0.4 is 0 Å². The smallest absolute Gasteiger partial charge is 0.410 e. The first kappa shape index (κ1) is 22.0. The van der Waals surface area contributed by atoms with Gasteiger partial charge in [0, 0.05) is 53.3 Å². The van der Waals surface area contributed by atoms with Crippen molar-refractivity contribution in [2.75, 3.05) is 19.6 Å². The van der Waals surface area contributed by atoms with Crippen LogP contribution in [0, 0.1) is 0 Å². The largest absolute Gasteiger partial charge is 0.444 e. The van der Waals surface area contributed by atoms with E-state index in [1.807, 2.05) is 27.7 Å². The number of carbonyl (C=O) groups is 1. The van der Waals surface area contributed by atoms with Gasteiger partial charge in [-0.15, -0.1) is 0 Å². The third-order valence-electron chi connectivity index (χ3n) is 4.74. The summed E-state index contributed by atoms with van der Waals surface area (Å²) in [4.78, 5) is 18.3. The summed E-state index contributed by atoms with van der Waals surface area (Å²) in [6.07, 6.45) is 3.46. The van der Waals surface area contributed by atoms with E-state index in [9.17, 15) is 13.2 Å². The molecule has 0 radical (unpaired) electrons. The number of rotatable bonds is 2.